The van der Waals surface area contributed by atoms with Crippen LogP contribution in [-0.4, -0.2) is 28.7 Å². The summed E-state index contributed by atoms with van der Waals surface area (Å²) in [7, 11) is 1.73. The van der Waals surface area contributed by atoms with Gasteiger partial charge in [-0.3, -0.25) is 13.8 Å². The highest BCUT2D eigenvalue weighted by Crippen LogP contribution is 2.30. The van der Waals surface area contributed by atoms with Crippen molar-refractivity contribution in [2.45, 2.75) is 17.5 Å². The van der Waals surface area contributed by atoms with Crippen LogP contribution in [0.2, 0.25) is 5.02 Å². The van der Waals surface area contributed by atoms with Gasteiger partial charge in [-0.15, -0.1) is 21.5 Å². The number of aryl methyl sites for hydroxylation is 1. The normalized spacial score (nSPS) is 11.8. The Bertz CT molecular complexity index is 1700. The molecule has 33 heavy (non-hydrogen) atoms. The zero-order valence-corrected chi connectivity index (χ0v) is 19.9. The van der Waals surface area contributed by atoms with Crippen molar-refractivity contribution in [3.63, 3.8) is 0 Å². The molecule has 0 fully saturated rings. The minimum absolute atomic E-state index is 0.0550. The molecule has 0 amide bonds. The molecule has 0 saturated heterocycles. The molecular formula is C23H17ClN6OS2. The lowest BCUT2D eigenvalue weighted by atomic mass is 10.2. The van der Waals surface area contributed by atoms with Gasteiger partial charge in [-0.25, -0.2) is 4.98 Å². The number of nitrogens with zero attached hydrogens (tertiary/aromatic N) is 6. The van der Waals surface area contributed by atoms with Crippen molar-refractivity contribution < 1.29 is 0 Å². The van der Waals surface area contributed by atoms with E-state index in [9.17, 15) is 4.79 Å². The molecule has 0 unspecified atom stereocenters. The molecule has 0 N–H and O–H groups in total. The third-order valence-electron chi connectivity index (χ3n) is 5.59. The Balaban J connectivity index is 1.42. The molecule has 0 saturated carbocycles. The topological polar surface area (TPSA) is 70.0 Å². The fourth-order valence-electron chi connectivity index (χ4n) is 3.99. The fourth-order valence-corrected chi connectivity index (χ4v) is 5.93. The number of fused-ring (bicyclic) bond motifs is 4. The van der Waals surface area contributed by atoms with E-state index in [1.165, 1.54) is 16.9 Å². The maximum Gasteiger partial charge on any atom is 0.272 e. The number of imidazole rings is 1. The van der Waals surface area contributed by atoms with Crippen LogP contribution in [0.5, 0.6) is 0 Å². The fraction of sp³-hybridized carbons (Fsp3) is 0.130. The second-order valence-electron chi connectivity index (χ2n) is 7.64. The number of hydrogen-bond donors (Lipinski definition) is 0. The van der Waals surface area contributed by atoms with E-state index in [0.717, 1.165) is 27.5 Å². The number of aromatic nitrogens is 6. The first-order chi connectivity index (χ1) is 16.1. The molecule has 4 aromatic heterocycles. The largest absolute Gasteiger partial charge is 0.314 e. The summed E-state index contributed by atoms with van der Waals surface area (Å²) >= 11 is 9.26. The average Bonchev–Trinajstić information content (AvgIpc) is 3.54. The Kier molecular flexibility index (Phi) is 4.97. The summed E-state index contributed by atoms with van der Waals surface area (Å²) in [6.45, 7) is 0.700. The van der Waals surface area contributed by atoms with Crippen molar-refractivity contribution in [2.75, 3.05) is 0 Å². The standard InChI is InChI=1S/C23H17ClN6OS2/c1-28-21(31)20-18(9-10-32-20)30-19(26-27-22(28)30)13-33-23-25-16-11-15(24)7-8-17(16)29(23)12-14-5-3-2-4-6-14/h2-11H,12-13H2,1H3. The lowest BCUT2D eigenvalue weighted by Gasteiger charge is -2.09. The van der Waals surface area contributed by atoms with Crippen LogP contribution in [0.4, 0.5) is 0 Å². The first-order valence-electron chi connectivity index (χ1n) is 10.2. The smallest absolute Gasteiger partial charge is 0.272 e. The predicted molar refractivity (Wildman–Crippen MR) is 133 cm³/mol. The molecule has 6 aromatic rings. The van der Waals surface area contributed by atoms with E-state index in [-0.39, 0.29) is 5.56 Å². The van der Waals surface area contributed by atoms with Gasteiger partial charge in [0, 0.05) is 12.1 Å². The summed E-state index contributed by atoms with van der Waals surface area (Å²) in [6, 6.07) is 18.0. The van der Waals surface area contributed by atoms with Crippen molar-refractivity contribution in [3.8, 4) is 0 Å². The maximum absolute atomic E-state index is 12.6. The van der Waals surface area contributed by atoms with Crippen LogP contribution in [0.25, 0.3) is 27.0 Å². The summed E-state index contributed by atoms with van der Waals surface area (Å²) < 4.78 is 6.40. The molecule has 164 valence electrons. The minimum Gasteiger partial charge on any atom is -0.314 e. The van der Waals surface area contributed by atoms with E-state index < -0.39 is 0 Å². The molecule has 10 heteroatoms. The van der Waals surface area contributed by atoms with Gasteiger partial charge >= 0.3 is 0 Å². The van der Waals surface area contributed by atoms with Crippen molar-refractivity contribution in [2.24, 2.45) is 7.05 Å². The van der Waals surface area contributed by atoms with Gasteiger partial charge in [0.05, 0.1) is 28.8 Å². The third kappa shape index (κ3) is 3.43. The molecule has 0 spiro atoms. The molecule has 4 heterocycles. The van der Waals surface area contributed by atoms with Crippen molar-refractivity contribution in [1.29, 1.82) is 0 Å². The van der Waals surface area contributed by atoms with Gasteiger partial charge in [-0.1, -0.05) is 53.7 Å². The molecule has 0 radical (unpaired) electrons. The van der Waals surface area contributed by atoms with Crippen molar-refractivity contribution in [1.82, 2.24) is 28.7 Å². The van der Waals surface area contributed by atoms with Crippen LogP contribution in [0.3, 0.4) is 0 Å². The summed E-state index contributed by atoms with van der Waals surface area (Å²) in [5.41, 5.74) is 3.86. The molecule has 0 aliphatic rings. The maximum atomic E-state index is 12.6. The molecule has 0 atom stereocenters. The van der Waals surface area contributed by atoms with E-state index in [1.807, 2.05) is 52.2 Å². The summed E-state index contributed by atoms with van der Waals surface area (Å²) in [4.78, 5) is 17.5. The Morgan fingerprint density at radius 1 is 1.06 bits per heavy atom. The summed E-state index contributed by atoms with van der Waals surface area (Å²) in [5.74, 6) is 1.85. The molecule has 2 aromatic carbocycles. The predicted octanol–water partition coefficient (Wildman–Crippen LogP) is 4.99. The highest BCUT2D eigenvalue weighted by molar-refractivity contribution is 7.98. The van der Waals surface area contributed by atoms with E-state index in [1.54, 1.807) is 23.4 Å². The molecular weight excluding hydrogens is 476 g/mol. The minimum atomic E-state index is -0.0550. The zero-order chi connectivity index (χ0) is 22.5. The van der Waals surface area contributed by atoms with Crippen LogP contribution in [-0.2, 0) is 19.3 Å². The number of halogens is 1. The number of hydrogen-bond acceptors (Lipinski definition) is 6. The SMILES string of the molecule is Cn1c(=O)c2sccc2n2c(CSc3nc4cc(Cl)ccc4n3Cc3ccccc3)nnc12. The Hall–Kier alpha value is -3.14. The average molecular weight is 493 g/mol. The number of rotatable bonds is 5. The van der Waals surface area contributed by atoms with Gasteiger partial charge < -0.3 is 4.57 Å². The second-order valence-corrected chi connectivity index (χ2v) is 9.93. The zero-order valence-electron chi connectivity index (χ0n) is 17.5. The third-order valence-corrected chi connectivity index (χ3v) is 7.69. The van der Waals surface area contributed by atoms with E-state index in [4.69, 9.17) is 16.6 Å². The number of benzene rings is 2. The Morgan fingerprint density at radius 2 is 1.91 bits per heavy atom. The Morgan fingerprint density at radius 3 is 2.76 bits per heavy atom. The van der Waals surface area contributed by atoms with Crippen LogP contribution in [0.1, 0.15) is 11.4 Å². The molecule has 0 aliphatic carbocycles. The number of thioether (sulfide) groups is 1. The van der Waals surface area contributed by atoms with Gasteiger partial charge in [0.2, 0.25) is 5.78 Å². The van der Waals surface area contributed by atoms with Crippen LogP contribution in [0, 0.1) is 0 Å². The number of thiophene rings is 1. The van der Waals surface area contributed by atoms with Crippen molar-refractivity contribution in [3.05, 3.63) is 86.7 Å². The molecule has 6 rings (SSSR count). The first kappa shape index (κ1) is 20.5. The molecule has 0 aliphatic heterocycles. The highest BCUT2D eigenvalue weighted by Gasteiger charge is 2.18. The van der Waals surface area contributed by atoms with Crippen LogP contribution < -0.4 is 5.56 Å². The highest BCUT2D eigenvalue weighted by atomic mass is 35.5. The van der Waals surface area contributed by atoms with Crippen molar-refractivity contribution >= 4 is 61.7 Å². The van der Waals surface area contributed by atoms with E-state index in [2.05, 4.69) is 26.9 Å². The van der Waals surface area contributed by atoms with Gasteiger partial charge in [0.15, 0.2) is 5.16 Å². The van der Waals surface area contributed by atoms with Crippen LogP contribution >= 0.6 is 34.7 Å². The quantitative estimate of drug-likeness (QED) is 0.317. The molecule has 0 bridgehead atoms. The van der Waals surface area contributed by atoms with Gasteiger partial charge in [0.1, 0.15) is 10.5 Å². The summed E-state index contributed by atoms with van der Waals surface area (Å²) in [5, 5.41) is 12.1. The Labute approximate surface area is 201 Å². The lowest BCUT2D eigenvalue weighted by molar-refractivity contribution is 0.730. The van der Waals surface area contributed by atoms with Gasteiger partial charge in [-0.2, -0.15) is 0 Å². The monoisotopic (exact) mass is 492 g/mol. The van der Waals surface area contributed by atoms with Gasteiger partial charge in [-0.05, 0) is 35.2 Å². The first-order valence-corrected chi connectivity index (χ1v) is 12.5. The lowest BCUT2D eigenvalue weighted by Crippen LogP contribution is -2.19. The van der Waals surface area contributed by atoms with E-state index >= 15 is 0 Å². The van der Waals surface area contributed by atoms with Crippen LogP contribution in [0.15, 0.2) is 69.9 Å². The van der Waals surface area contributed by atoms with Gasteiger partial charge in [0.25, 0.3) is 5.56 Å². The second kappa shape index (κ2) is 8.02. The summed E-state index contributed by atoms with van der Waals surface area (Å²) in [6.07, 6.45) is 0. The molecule has 7 nitrogen and oxygen atoms in total. The van der Waals surface area contributed by atoms with E-state index in [0.29, 0.717) is 27.8 Å².